The molecule has 0 amide bonds. The van der Waals surface area contributed by atoms with Crippen molar-refractivity contribution in [2.45, 2.75) is 61.6 Å². The van der Waals surface area contributed by atoms with E-state index in [0.717, 1.165) is 30.6 Å². The predicted octanol–water partition coefficient (Wildman–Crippen LogP) is 2.67. The van der Waals surface area contributed by atoms with Crippen LogP contribution in [0.1, 0.15) is 49.8 Å². The van der Waals surface area contributed by atoms with E-state index in [-0.39, 0.29) is 12.6 Å². The van der Waals surface area contributed by atoms with Crippen LogP contribution in [0.5, 0.6) is 0 Å². The monoisotopic (exact) mass is 317 g/mol. The van der Waals surface area contributed by atoms with Crippen LogP contribution in [0, 0.1) is 0 Å². The molecule has 2 N–H and O–H groups in total. The third-order valence-corrected chi connectivity index (χ3v) is 6.84. The van der Waals surface area contributed by atoms with Crippen molar-refractivity contribution in [3.05, 3.63) is 17.0 Å². The van der Waals surface area contributed by atoms with Crippen LogP contribution in [0.3, 0.4) is 0 Å². The standard InChI is InChI=1S/C14H23NO3S2/c16-11-10-13-8-9-14(19-13)20(17,18)15-12-6-4-2-1-3-5-7-12/h8-9,12,15-16H,1-7,10-11H2. The van der Waals surface area contributed by atoms with E-state index < -0.39 is 10.0 Å². The highest BCUT2D eigenvalue weighted by Gasteiger charge is 2.22. The second-order valence-corrected chi connectivity index (χ2v) is 8.47. The summed E-state index contributed by atoms with van der Waals surface area (Å²) < 4.78 is 27.9. The highest BCUT2D eigenvalue weighted by Crippen LogP contribution is 2.24. The molecule has 4 nitrogen and oxygen atoms in total. The summed E-state index contributed by atoms with van der Waals surface area (Å²) in [5.41, 5.74) is 0. The van der Waals surface area contributed by atoms with E-state index in [4.69, 9.17) is 5.11 Å². The molecule has 2 rings (SSSR count). The number of aliphatic hydroxyl groups is 1. The second-order valence-electron chi connectivity index (χ2n) is 5.36. The molecule has 0 aliphatic heterocycles. The van der Waals surface area contributed by atoms with Gasteiger partial charge in [0.1, 0.15) is 4.21 Å². The summed E-state index contributed by atoms with van der Waals surface area (Å²) in [6.45, 7) is 0.0516. The molecule has 1 fully saturated rings. The Balaban J connectivity index is 2.01. The Hall–Kier alpha value is -0.430. The third-order valence-electron chi connectivity index (χ3n) is 3.69. The van der Waals surface area contributed by atoms with Gasteiger partial charge in [0.25, 0.3) is 0 Å². The average Bonchev–Trinajstić information content (AvgIpc) is 2.82. The molecule has 0 radical (unpaired) electrons. The van der Waals surface area contributed by atoms with Gasteiger partial charge in [-0.3, -0.25) is 0 Å². The van der Waals surface area contributed by atoms with E-state index in [0.29, 0.717) is 10.6 Å². The molecule has 1 heterocycles. The van der Waals surface area contributed by atoms with Crippen LogP contribution < -0.4 is 4.72 Å². The first-order chi connectivity index (χ1) is 9.62. The minimum atomic E-state index is -3.40. The quantitative estimate of drug-likeness (QED) is 0.877. The van der Waals surface area contributed by atoms with E-state index in [2.05, 4.69) is 4.72 Å². The zero-order chi connectivity index (χ0) is 14.4. The zero-order valence-corrected chi connectivity index (χ0v) is 13.3. The van der Waals surface area contributed by atoms with Gasteiger partial charge in [0.2, 0.25) is 10.0 Å². The van der Waals surface area contributed by atoms with Crippen molar-refractivity contribution in [1.82, 2.24) is 4.72 Å². The van der Waals surface area contributed by atoms with E-state index >= 15 is 0 Å². The first kappa shape index (κ1) is 15.9. The van der Waals surface area contributed by atoms with Crippen LogP contribution in [-0.4, -0.2) is 26.2 Å². The summed E-state index contributed by atoms with van der Waals surface area (Å²) >= 11 is 1.25. The van der Waals surface area contributed by atoms with Gasteiger partial charge in [-0.25, -0.2) is 13.1 Å². The Morgan fingerprint density at radius 1 is 1.15 bits per heavy atom. The molecule has 1 aromatic rings. The lowest BCUT2D eigenvalue weighted by atomic mass is 9.97. The van der Waals surface area contributed by atoms with Crippen LogP contribution in [0.15, 0.2) is 16.3 Å². The van der Waals surface area contributed by atoms with Crippen LogP contribution in [0.2, 0.25) is 0 Å². The van der Waals surface area contributed by atoms with Crippen LogP contribution in [0.25, 0.3) is 0 Å². The molecule has 1 saturated carbocycles. The van der Waals surface area contributed by atoms with E-state index in [1.54, 1.807) is 12.1 Å². The van der Waals surface area contributed by atoms with Crippen molar-refractivity contribution in [2.75, 3.05) is 6.61 Å². The fourth-order valence-electron chi connectivity index (χ4n) is 2.60. The van der Waals surface area contributed by atoms with Crippen LogP contribution in [0.4, 0.5) is 0 Å². The van der Waals surface area contributed by atoms with Gasteiger partial charge in [-0.1, -0.05) is 32.1 Å². The maximum Gasteiger partial charge on any atom is 0.250 e. The fourth-order valence-corrected chi connectivity index (χ4v) is 5.26. The van der Waals surface area contributed by atoms with Crippen molar-refractivity contribution < 1.29 is 13.5 Å². The number of hydrogen-bond donors (Lipinski definition) is 2. The number of aliphatic hydroxyl groups excluding tert-OH is 1. The molecule has 1 aromatic heterocycles. The zero-order valence-electron chi connectivity index (χ0n) is 11.7. The molecule has 1 aliphatic carbocycles. The molecule has 20 heavy (non-hydrogen) atoms. The van der Waals surface area contributed by atoms with Crippen molar-refractivity contribution >= 4 is 21.4 Å². The summed E-state index contributed by atoms with van der Waals surface area (Å²) in [5, 5.41) is 8.89. The first-order valence-corrected chi connectivity index (χ1v) is 9.64. The first-order valence-electron chi connectivity index (χ1n) is 7.34. The Labute approximate surface area is 125 Å². The van der Waals surface area contributed by atoms with Crippen molar-refractivity contribution in [3.8, 4) is 0 Å². The third kappa shape index (κ3) is 4.55. The van der Waals surface area contributed by atoms with Gasteiger partial charge in [-0.2, -0.15) is 0 Å². The molecule has 6 heteroatoms. The topological polar surface area (TPSA) is 66.4 Å². The molecule has 0 atom stereocenters. The predicted molar refractivity (Wildman–Crippen MR) is 81.5 cm³/mol. The summed E-state index contributed by atoms with van der Waals surface area (Å²) in [6.07, 6.45) is 8.29. The van der Waals surface area contributed by atoms with Crippen LogP contribution >= 0.6 is 11.3 Å². The van der Waals surface area contributed by atoms with Gasteiger partial charge in [-0.15, -0.1) is 11.3 Å². The Kier molecular flexibility index (Phi) is 6.01. The molecule has 0 unspecified atom stereocenters. The van der Waals surface area contributed by atoms with E-state index in [1.807, 2.05) is 0 Å². The molecule has 0 bridgehead atoms. The van der Waals surface area contributed by atoms with Gasteiger partial charge < -0.3 is 5.11 Å². The van der Waals surface area contributed by atoms with Gasteiger partial charge in [0.05, 0.1) is 0 Å². The number of rotatable bonds is 5. The Morgan fingerprint density at radius 3 is 2.45 bits per heavy atom. The van der Waals surface area contributed by atoms with Gasteiger partial charge in [-0.05, 0) is 25.0 Å². The lowest BCUT2D eigenvalue weighted by Crippen LogP contribution is -2.34. The maximum absolute atomic E-state index is 12.4. The van der Waals surface area contributed by atoms with Crippen molar-refractivity contribution in [2.24, 2.45) is 0 Å². The molecule has 0 spiro atoms. The number of nitrogens with one attached hydrogen (secondary N) is 1. The highest BCUT2D eigenvalue weighted by atomic mass is 32.2. The van der Waals surface area contributed by atoms with Gasteiger partial charge >= 0.3 is 0 Å². The Bertz CT molecular complexity index is 502. The largest absolute Gasteiger partial charge is 0.396 e. The summed E-state index contributed by atoms with van der Waals surface area (Å²) in [7, 11) is -3.40. The minimum Gasteiger partial charge on any atom is -0.396 e. The van der Waals surface area contributed by atoms with E-state index in [1.165, 1.54) is 30.6 Å². The normalized spacial score (nSPS) is 18.6. The number of sulfonamides is 1. The maximum atomic E-state index is 12.4. The summed E-state index contributed by atoms with van der Waals surface area (Å²) in [4.78, 5) is 0.908. The number of hydrogen-bond acceptors (Lipinski definition) is 4. The molecular weight excluding hydrogens is 294 g/mol. The lowest BCUT2D eigenvalue weighted by molar-refractivity contribution is 0.300. The average molecular weight is 317 g/mol. The highest BCUT2D eigenvalue weighted by molar-refractivity contribution is 7.91. The summed E-state index contributed by atoms with van der Waals surface area (Å²) in [6, 6.07) is 3.50. The number of thiophene rings is 1. The van der Waals surface area contributed by atoms with Gasteiger partial charge in [0.15, 0.2) is 0 Å². The van der Waals surface area contributed by atoms with Crippen molar-refractivity contribution in [3.63, 3.8) is 0 Å². The molecule has 0 aromatic carbocycles. The van der Waals surface area contributed by atoms with Crippen LogP contribution in [-0.2, 0) is 16.4 Å². The van der Waals surface area contributed by atoms with Crippen molar-refractivity contribution in [1.29, 1.82) is 0 Å². The Morgan fingerprint density at radius 2 is 1.80 bits per heavy atom. The smallest absolute Gasteiger partial charge is 0.250 e. The second kappa shape index (κ2) is 7.54. The van der Waals surface area contributed by atoms with Gasteiger partial charge in [0, 0.05) is 23.9 Å². The lowest BCUT2D eigenvalue weighted by Gasteiger charge is -2.20. The van der Waals surface area contributed by atoms with E-state index in [9.17, 15) is 8.42 Å². The minimum absolute atomic E-state index is 0.0516. The molecular formula is C14H23NO3S2. The molecule has 114 valence electrons. The summed E-state index contributed by atoms with van der Waals surface area (Å²) in [5.74, 6) is 0. The fraction of sp³-hybridized carbons (Fsp3) is 0.714. The molecule has 1 aliphatic rings. The molecule has 0 saturated heterocycles. The SMILES string of the molecule is O=S(=O)(NC1CCCCCCC1)c1ccc(CCO)s1.